The molecule has 0 aromatic heterocycles. The summed E-state index contributed by atoms with van der Waals surface area (Å²) in [5.74, 6) is -2.48. The topological polar surface area (TPSA) is 58.2 Å². The Balaban J connectivity index is 2.41. The molecule has 0 aliphatic rings. The number of carbonyl (C=O) groups excluding carboxylic acids is 2. The number of carbonyl (C=O) groups is 2. The van der Waals surface area contributed by atoms with Gasteiger partial charge in [-0.3, -0.25) is 9.59 Å². The number of hydrogen-bond acceptors (Lipinski definition) is 2. The van der Waals surface area contributed by atoms with Gasteiger partial charge in [0.15, 0.2) is 0 Å². The van der Waals surface area contributed by atoms with Gasteiger partial charge in [-0.15, -0.1) is 0 Å². The first-order chi connectivity index (χ1) is 10.5. The molecule has 0 aliphatic carbocycles. The van der Waals surface area contributed by atoms with Crippen molar-refractivity contribution in [2.24, 2.45) is 0 Å². The largest absolute Gasteiger partial charge is 0.355 e. The van der Waals surface area contributed by atoms with Gasteiger partial charge in [-0.05, 0) is 35.4 Å². The molecule has 0 fully saturated rings. The van der Waals surface area contributed by atoms with E-state index in [1.54, 1.807) is 0 Å². The molecule has 0 radical (unpaired) electrons. The summed E-state index contributed by atoms with van der Waals surface area (Å²) in [5.41, 5.74) is 0.641. The molecule has 0 heterocycles. The van der Waals surface area contributed by atoms with Crippen molar-refractivity contribution in [2.45, 2.75) is 0 Å². The molecule has 2 rings (SSSR count). The van der Waals surface area contributed by atoms with Crippen molar-refractivity contribution in [1.29, 1.82) is 0 Å². The van der Waals surface area contributed by atoms with Crippen LogP contribution in [0.2, 0.25) is 0 Å². The van der Waals surface area contributed by atoms with Gasteiger partial charge in [-0.2, -0.15) is 0 Å². The van der Waals surface area contributed by atoms with Crippen LogP contribution in [-0.2, 0) is 0 Å². The molecule has 6 heteroatoms. The Kier molecular flexibility index (Phi) is 4.50. The van der Waals surface area contributed by atoms with Crippen LogP contribution in [0.5, 0.6) is 0 Å². The minimum atomic E-state index is -0.701. The number of rotatable bonds is 3. The zero-order chi connectivity index (χ0) is 16.3. The predicted octanol–water partition coefficient (Wildman–Crippen LogP) is 2.35. The van der Waals surface area contributed by atoms with Crippen LogP contribution in [-0.4, -0.2) is 25.9 Å². The lowest BCUT2D eigenvalue weighted by atomic mass is 10.0. The van der Waals surface area contributed by atoms with Crippen molar-refractivity contribution < 1.29 is 18.4 Å². The van der Waals surface area contributed by atoms with E-state index in [1.807, 2.05) is 0 Å². The minimum Gasteiger partial charge on any atom is -0.355 e. The zero-order valence-electron chi connectivity index (χ0n) is 12.0. The summed E-state index contributed by atoms with van der Waals surface area (Å²) in [6.07, 6.45) is 0. The second-order valence-electron chi connectivity index (χ2n) is 4.55. The summed E-state index contributed by atoms with van der Waals surface area (Å²) in [7, 11) is 2.81. The Morgan fingerprint density at radius 2 is 1.14 bits per heavy atom. The Morgan fingerprint density at radius 1 is 0.773 bits per heavy atom. The van der Waals surface area contributed by atoms with Gasteiger partial charge in [-0.1, -0.05) is 12.1 Å². The van der Waals surface area contributed by atoms with Crippen LogP contribution in [0.3, 0.4) is 0 Å². The molecule has 0 aliphatic heterocycles. The third kappa shape index (κ3) is 2.95. The monoisotopic (exact) mass is 304 g/mol. The standard InChI is InChI=1S/C16H14F2N2O2/c1-19-15(21)11-5-3-9(7-13(11)17)10-4-6-12(14(18)8-10)16(22)20-2/h3-8H,1-2H3,(H,19,21)(H,20,22). The summed E-state index contributed by atoms with van der Waals surface area (Å²) in [5, 5.41) is 4.67. The predicted molar refractivity (Wildman–Crippen MR) is 78.6 cm³/mol. The summed E-state index contributed by atoms with van der Waals surface area (Å²) in [6.45, 7) is 0. The van der Waals surface area contributed by atoms with Crippen LogP contribution in [0.1, 0.15) is 20.7 Å². The molecule has 0 saturated heterocycles. The molecule has 0 atom stereocenters. The SMILES string of the molecule is CNC(=O)c1ccc(-c2ccc(C(=O)NC)c(F)c2)cc1F. The van der Waals surface area contributed by atoms with E-state index in [2.05, 4.69) is 10.6 Å². The third-order valence-corrected chi connectivity index (χ3v) is 3.21. The Labute approximate surface area is 126 Å². The first kappa shape index (κ1) is 15.6. The molecule has 0 unspecified atom stereocenters. The van der Waals surface area contributed by atoms with Gasteiger partial charge in [0, 0.05) is 14.1 Å². The van der Waals surface area contributed by atoms with Crippen molar-refractivity contribution >= 4 is 11.8 Å². The first-order valence-electron chi connectivity index (χ1n) is 6.51. The van der Waals surface area contributed by atoms with Gasteiger partial charge in [-0.25, -0.2) is 8.78 Å². The smallest absolute Gasteiger partial charge is 0.253 e. The normalized spacial score (nSPS) is 10.2. The second kappa shape index (κ2) is 6.34. The van der Waals surface area contributed by atoms with Crippen molar-refractivity contribution in [2.75, 3.05) is 14.1 Å². The van der Waals surface area contributed by atoms with Crippen LogP contribution >= 0.6 is 0 Å². The lowest BCUT2D eigenvalue weighted by Gasteiger charge is -2.08. The fourth-order valence-corrected chi connectivity index (χ4v) is 2.03. The molecule has 2 N–H and O–H groups in total. The van der Waals surface area contributed by atoms with E-state index in [4.69, 9.17) is 0 Å². The highest BCUT2D eigenvalue weighted by Crippen LogP contribution is 2.24. The molecule has 4 nitrogen and oxygen atoms in total. The highest BCUT2D eigenvalue weighted by atomic mass is 19.1. The molecule has 2 aromatic carbocycles. The van der Waals surface area contributed by atoms with E-state index >= 15 is 0 Å². The lowest BCUT2D eigenvalue weighted by Crippen LogP contribution is -2.19. The summed E-state index contributed by atoms with van der Waals surface area (Å²) < 4.78 is 27.8. The van der Waals surface area contributed by atoms with Crippen LogP contribution < -0.4 is 10.6 Å². The van der Waals surface area contributed by atoms with Gasteiger partial charge in [0.2, 0.25) is 0 Å². The Hall–Kier alpha value is -2.76. The van der Waals surface area contributed by atoms with E-state index in [1.165, 1.54) is 38.4 Å². The Morgan fingerprint density at radius 3 is 1.41 bits per heavy atom. The van der Waals surface area contributed by atoms with Gasteiger partial charge in [0.1, 0.15) is 11.6 Å². The summed E-state index contributed by atoms with van der Waals surface area (Å²) in [4.78, 5) is 22.9. The van der Waals surface area contributed by atoms with Crippen LogP contribution in [0.25, 0.3) is 11.1 Å². The molecule has 114 valence electrons. The molecule has 0 bridgehead atoms. The second-order valence-corrected chi connectivity index (χ2v) is 4.55. The fourth-order valence-electron chi connectivity index (χ4n) is 2.03. The van der Waals surface area contributed by atoms with Crippen LogP contribution in [0, 0.1) is 11.6 Å². The summed E-state index contributed by atoms with van der Waals surface area (Å²) in [6, 6.07) is 7.99. The third-order valence-electron chi connectivity index (χ3n) is 3.21. The van der Waals surface area contributed by atoms with Crippen molar-refractivity contribution in [3.8, 4) is 11.1 Å². The molecule has 22 heavy (non-hydrogen) atoms. The maximum absolute atomic E-state index is 13.9. The van der Waals surface area contributed by atoms with E-state index in [-0.39, 0.29) is 11.1 Å². The molecule has 0 saturated carbocycles. The van der Waals surface area contributed by atoms with E-state index in [0.29, 0.717) is 11.1 Å². The van der Waals surface area contributed by atoms with Gasteiger partial charge >= 0.3 is 0 Å². The maximum atomic E-state index is 13.9. The molecule has 2 aromatic rings. The lowest BCUT2D eigenvalue weighted by molar-refractivity contribution is 0.0950. The molecular weight excluding hydrogens is 290 g/mol. The minimum absolute atomic E-state index is 0.0892. The number of amides is 2. The highest BCUT2D eigenvalue weighted by molar-refractivity contribution is 5.95. The number of hydrogen-bond donors (Lipinski definition) is 2. The Bertz CT molecular complexity index is 681. The van der Waals surface area contributed by atoms with Gasteiger partial charge < -0.3 is 10.6 Å². The molecule has 2 amide bonds. The zero-order valence-corrected chi connectivity index (χ0v) is 12.0. The van der Waals surface area contributed by atoms with E-state index in [0.717, 1.165) is 12.1 Å². The van der Waals surface area contributed by atoms with E-state index in [9.17, 15) is 18.4 Å². The van der Waals surface area contributed by atoms with Gasteiger partial charge in [0.05, 0.1) is 11.1 Å². The fraction of sp³-hybridized carbons (Fsp3) is 0.125. The highest BCUT2D eigenvalue weighted by Gasteiger charge is 2.14. The number of halogens is 2. The van der Waals surface area contributed by atoms with Crippen molar-refractivity contribution in [3.63, 3.8) is 0 Å². The average Bonchev–Trinajstić information content (AvgIpc) is 2.53. The average molecular weight is 304 g/mol. The molecular formula is C16H14F2N2O2. The van der Waals surface area contributed by atoms with Gasteiger partial charge in [0.25, 0.3) is 11.8 Å². The van der Waals surface area contributed by atoms with Crippen LogP contribution in [0.15, 0.2) is 36.4 Å². The van der Waals surface area contributed by atoms with E-state index < -0.39 is 23.4 Å². The van der Waals surface area contributed by atoms with Crippen LogP contribution in [0.4, 0.5) is 8.78 Å². The first-order valence-corrected chi connectivity index (χ1v) is 6.51. The molecule has 0 spiro atoms. The van der Waals surface area contributed by atoms with Crippen molar-refractivity contribution in [3.05, 3.63) is 59.2 Å². The van der Waals surface area contributed by atoms with Crippen molar-refractivity contribution in [1.82, 2.24) is 10.6 Å². The quantitative estimate of drug-likeness (QED) is 0.914. The summed E-state index contributed by atoms with van der Waals surface area (Å²) >= 11 is 0. The maximum Gasteiger partial charge on any atom is 0.253 e. The number of nitrogens with one attached hydrogen (secondary N) is 2. The number of benzene rings is 2.